The predicted molar refractivity (Wildman–Crippen MR) is 34.7 cm³/mol. The third kappa shape index (κ3) is 6.34. The molecule has 0 aliphatic heterocycles. The van der Waals surface area contributed by atoms with Crippen LogP contribution in [0.2, 0.25) is 0 Å². The largest absolute Gasteiger partial charge is 0.699 e. The average molecular weight is 201 g/mol. The SMILES string of the molecule is O=PCO[P+](=O)OCP=O. The first-order chi connectivity index (χ1) is 4.81. The van der Waals surface area contributed by atoms with Crippen molar-refractivity contribution in [1.29, 1.82) is 0 Å². The molecule has 0 aliphatic rings. The molecule has 0 N–H and O–H groups in total. The topological polar surface area (TPSA) is 69.7 Å². The van der Waals surface area contributed by atoms with E-state index in [1.54, 1.807) is 0 Å². The molecule has 0 aromatic heterocycles. The molecule has 0 radical (unpaired) electrons. The predicted octanol–water partition coefficient (Wildman–Crippen LogP) is 2.18. The Kier molecular flexibility index (Phi) is 7.49. The summed E-state index contributed by atoms with van der Waals surface area (Å²) in [6, 6.07) is 0. The van der Waals surface area contributed by atoms with Crippen LogP contribution in [0.5, 0.6) is 0 Å². The van der Waals surface area contributed by atoms with Crippen LogP contribution in [0.4, 0.5) is 0 Å². The molecule has 8 heteroatoms. The van der Waals surface area contributed by atoms with E-state index in [2.05, 4.69) is 9.05 Å². The van der Waals surface area contributed by atoms with Gasteiger partial charge in [-0.25, -0.2) is 0 Å². The van der Waals surface area contributed by atoms with Crippen LogP contribution in [0.1, 0.15) is 0 Å². The van der Waals surface area contributed by atoms with Gasteiger partial charge in [-0.3, -0.25) is 9.13 Å². The van der Waals surface area contributed by atoms with E-state index in [9.17, 15) is 13.7 Å². The van der Waals surface area contributed by atoms with Gasteiger partial charge in [-0.05, 0) is 0 Å². The van der Waals surface area contributed by atoms with E-state index in [4.69, 9.17) is 0 Å². The number of hydrogen-bond acceptors (Lipinski definition) is 5. The molecule has 0 heterocycles. The summed E-state index contributed by atoms with van der Waals surface area (Å²) in [6.45, 7) is 0. The molecule has 0 spiro atoms. The molecule has 0 saturated carbocycles. The third-order valence-corrected chi connectivity index (χ3v) is 1.99. The Bertz CT molecular complexity index is 121. The molecule has 0 bridgehead atoms. The highest BCUT2D eigenvalue weighted by Gasteiger charge is 2.19. The molecule has 0 saturated heterocycles. The van der Waals surface area contributed by atoms with E-state index < -0.39 is 8.25 Å². The highest BCUT2D eigenvalue weighted by molar-refractivity contribution is 7.35. The first-order valence-corrected chi connectivity index (χ1v) is 5.21. The molecule has 0 aromatic carbocycles. The second-order valence-electron chi connectivity index (χ2n) is 0.998. The van der Waals surface area contributed by atoms with Gasteiger partial charge in [-0.2, -0.15) is 0 Å². The van der Waals surface area contributed by atoms with Crippen LogP contribution >= 0.6 is 25.2 Å². The standard InChI is InChI=1S/C2H4O5P3/c3-8-1-6-10(5)7-2-9-4/h1-2H2/q+1. The summed E-state index contributed by atoms with van der Waals surface area (Å²) in [5.41, 5.74) is 0. The quantitative estimate of drug-likeness (QED) is 0.615. The molecule has 0 amide bonds. The van der Waals surface area contributed by atoms with Crippen LogP contribution < -0.4 is 0 Å². The molecule has 0 atom stereocenters. The molecular weight excluding hydrogens is 197 g/mol. The smallest absolute Gasteiger partial charge is 0.272 e. The number of hydrogen-bond donors (Lipinski definition) is 0. The Hall–Kier alpha value is 0.220. The minimum absolute atomic E-state index is 0.176. The van der Waals surface area contributed by atoms with Crippen molar-refractivity contribution in [2.45, 2.75) is 0 Å². The minimum atomic E-state index is -2.26. The van der Waals surface area contributed by atoms with Gasteiger partial charge in [0.25, 0.3) is 0 Å². The van der Waals surface area contributed by atoms with Crippen molar-refractivity contribution in [2.75, 3.05) is 12.7 Å². The Morgan fingerprint density at radius 1 is 1.10 bits per heavy atom. The fourth-order valence-corrected chi connectivity index (χ4v) is 1.38. The maximum absolute atomic E-state index is 10.4. The lowest BCUT2D eigenvalue weighted by atomic mass is 11.7. The summed E-state index contributed by atoms with van der Waals surface area (Å²) >= 11 is 0. The van der Waals surface area contributed by atoms with Crippen molar-refractivity contribution in [1.82, 2.24) is 0 Å². The van der Waals surface area contributed by atoms with Crippen molar-refractivity contribution >= 4 is 25.2 Å². The van der Waals surface area contributed by atoms with Gasteiger partial charge in [0.15, 0.2) is 29.6 Å². The first kappa shape index (κ1) is 10.2. The van der Waals surface area contributed by atoms with E-state index in [-0.39, 0.29) is 29.6 Å². The summed E-state index contributed by atoms with van der Waals surface area (Å²) < 4.78 is 38.4. The first-order valence-electron chi connectivity index (χ1n) is 2.12. The Morgan fingerprint density at radius 3 is 1.80 bits per heavy atom. The Balaban J connectivity index is 3.24. The summed E-state index contributed by atoms with van der Waals surface area (Å²) in [7, 11) is -2.77. The van der Waals surface area contributed by atoms with Crippen LogP contribution in [0.25, 0.3) is 0 Å². The van der Waals surface area contributed by atoms with E-state index in [0.717, 1.165) is 0 Å². The summed E-state index contributed by atoms with van der Waals surface area (Å²) in [6.07, 6.45) is -0.351. The summed E-state index contributed by atoms with van der Waals surface area (Å²) in [5, 5.41) is 0. The Morgan fingerprint density at radius 2 is 1.50 bits per heavy atom. The Labute approximate surface area is 61.4 Å². The molecule has 5 nitrogen and oxygen atoms in total. The molecule has 0 aliphatic carbocycles. The van der Waals surface area contributed by atoms with Crippen molar-refractivity contribution in [3.05, 3.63) is 0 Å². The zero-order valence-electron chi connectivity index (χ0n) is 4.80. The second-order valence-corrected chi connectivity index (χ2v) is 2.99. The molecule has 0 fully saturated rings. The lowest BCUT2D eigenvalue weighted by molar-refractivity contribution is 0.280. The third-order valence-electron chi connectivity index (χ3n) is 0.432. The normalized spacial score (nSPS) is 12.2. The molecule has 56 valence electrons. The van der Waals surface area contributed by atoms with Gasteiger partial charge in [-0.15, -0.1) is 9.05 Å². The van der Waals surface area contributed by atoms with Crippen molar-refractivity contribution in [2.24, 2.45) is 0 Å². The van der Waals surface area contributed by atoms with Crippen LogP contribution in [0.15, 0.2) is 0 Å². The molecule has 0 rings (SSSR count). The fourth-order valence-electron chi connectivity index (χ4n) is 0.179. The van der Waals surface area contributed by atoms with Crippen molar-refractivity contribution in [3.8, 4) is 0 Å². The highest BCUT2D eigenvalue weighted by Crippen LogP contribution is 2.26. The van der Waals surface area contributed by atoms with E-state index in [0.29, 0.717) is 0 Å². The second kappa shape index (κ2) is 7.33. The van der Waals surface area contributed by atoms with E-state index >= 15 is 0 Å². The van der Waals surface area contributed by atoms with E-state index in [1.165, 1.54) is 0 Å². The van der Waals surface area contributed by atoms with Crippen molar-refractivity contribution in [3.63, 3.8) is 0 Å². The highest BCUT2D eigenvalue weighted by atomic mass is 31.1. The minimum Gasteiger partial charge on any atom is -0.272 e. The van der Waals surface area contributed by atoms with Gasteiger partial charge < -0.3 is 0 Å². The monoisotopic (exact) mass is 201 g/mol. The van der Waals surface area contributed by atoms with E-state index in [1.807, 2.05) is 0 Å². The van der Waals surface area contributed by atoms with Gasteiger partial charge in [0.2, 0.25) is 0 Å². The van der Waals surface area contributed by atoms with Gasteiger partial charge >= 0.3 is 8.25 Å². The average Bonchev–Trinajstić information content (AvgIpc) is 1.97. The molecular formula is C2H4O5P3+. The van der Waals surface area contributed by atoms with Gasteiger partial charge in [0, 0.05) is 4.57 Å². The van der Waals surface area contributed by atoms with Crippen molar-refractivity contribution < 1.29 is 22.7 Å². The van der Waals surface area contributed by atoms with Gasteiger partial charge in [0.1, 0.15) is 0 Å². The summed E-state index contributed by atoms with van der Waals surface area (Å²) in [4.78, 5) is 0. The van der Waals surface area contributed by atoms with Gasteiger partial charge in [-0.1, -0.05) is 0 Å². The van der Waals surface area contributed by atoms with Crippen LogP contribution in [-0.4, -0.2) is 12.7 Å². The lowest BCUT2D eigenvalue weighted by Gasteiger charge is -1.77. The molecule has 10 heavy (non-hydrogen) atoms. The fraction of sp³-hybridized carbons (Fsp3) is 1.00. The summed E-state index contributed by atoms with van der Waals surface area (Å²) in [5.74, 6) is 0. The molecule has 0 aromatic rings. The number of rotatable bonds is 6. The lowest BCUT2D eigenvalue weighted by Crippen LogP contribution is -1.78. The maximum atomic E-state index is 10.4. The van der Waals surface area contributed by atoms with Crippen LogP contribution in [-0.2, 0) is 22.7 Å². The maximum Gasteiger partial charge on any atom is 0.699 e. The zero-order chi connectivity index (χ0) is 7.82. The zero-order valence-corrected chi connectivity index (χ0v) is 7.48. The van der Waals surface area contributed by atoms with Crippen LogP contribution in [0, 0.1) is 0 Å². The molecule has 0 unspecified atom stereocenters. The van der Waals surface area contributed by atoms with Crippen LogP contribution in [0.3, 0.4) is 0 Å². The van der Waals surface area contributed by atoms with Gasteiger partial charge in [0.05, 0.1) is 0 Å².